The smallest absolute Gasteiger partial charge is 0.126 e. The minimum absolute atomic E-state index is 0.0766. The van der Waals surface area contributed by atoms with Gasteiger partial charge in [0.2, 0.25) is 0 Å². The van der Waals surface area contributed by atoms with Crippen molar-refractivity contribution in [3.8, 4) is 0 Å². The minimum atomic E-state index is -0.0766. The highest BCUT2D eigenvalue weighted by molar-refractivity contribution is 5.24. The summed E-state index contributed by atoms with van der Waals surface area (Å²) in [5.41, 5.74) is 0.850. The van der Waals surface area contributed by atoms with Crippen LogP contribution in [0.5, 0.6) is 0 Å². The molecule has 0 spiro atoms. The second-order valence-corrected chi connectivity index (χ2v) is 5.85. The van der Waals surface area contributed by atoms with Crippen molar-refractivity contribution >= 4 is 0 Å². The van der Waals surface area contributed by atoms with Gasteiger partial charge in [0.05, 0.1) is 12.2 Å². The van der Waals surface area contributed by atoms with E-state index in [4.69, 9.17) is 4.74 Å². The number of piperidine rings is 1. The van der Waals surface area contributed by atoms with Gasteiger partial charge in [0.15, 0.2) is 0 Å². The van der Waals surface area contributed by atoms with E-state index in [-0.39, 0.29) is 11.7 Å². The van der Waals surface area contributed by atoms with Gasteiger partial charge >= 0.3 is 0 Å². The molecule has 1 aromatic carbocycles. The average Bonchev–Trinajstić information content (AvgIpc) is 2.86. The number of hydrogen-bond acceptors (Lipinski definition) is 2. The van der Waals surface area contributed by atoms with Crippen LogP contribution in [0.15, 0.2) is 24.3 Å². The van der Waals surface area contributed by atoms with E-state index >= 15 is 0 Å². The third kappa shape index (κ3) is 2.67. The second kappa shape index (κ2) is 5.59. The summed E-state index contributed by atoms with van der Waals surface area (Å²) in [4.78, 5) is 0. The molecule has 19 heavy (non-hydrogen) atoms. The number of halogens is 1. The van der Waals surface area contributed by atoms with Crippen molar-refractivity contribution in [1.82, 2.24) is 5.32 Å². The van der Waals surface area contributed by atoms with Crippen molar-refractivity contribution in [2.75, 3.05) is 13.1 Å². The van der Waals surface area contributed by atoms with Gasteiger partial charge < -0.3 is 10.1 Å². The van der Waals surface area contributed by atoms with E-state index in [2.05, 4.69) is 12.2 Å². The molecular weight excluding hydrogens is 241 g/mol. The fourth-order valence-electron chi connectivity index (χ4n) is 3.59. The van der Waals surface area contributed by atoms with E-state index in [0.717, 1.165) is 37.9 Å². The molecule has 0 bridgehead atoms. The Morgan fingerprint density at radius 1 is 1.21 bits per heavy atom. The van der Waals surface area contributed by atoms with Gasteiger partial charge in [-0.25, -0.2) is 4.39 Å². The number of hydrogen-bond donors (Lipinski definition) is 1. The lowest BCUT2D eigenvalue weighted by Gasteiger charge is -2.36. The summed E-state index contributed by atoms with van der Waals surface area (Å²) in [6.07, 6.45) is 4.01. The van der Waals surface area contributed by atoms with Crippen LogP contribution in [-0.2, 0) is 4.74 Å². The first kappa shape index (κ1) is 13.1. The largest absolute Gasteiger partial charge is 0.375 e. The molecule has 4 atom stereocenters. The summed E-state index contributed by atoms with van der Waals surface area (Å²) in [5, 5.41) is 3.40. The standard InChI is InChI=1S/C16H22FNO/c1-11-6-7-16(19-11)13-8-9-18-10-14(13)12-4-2-3-5-15(12)17/h2-5,11,13-14,16,18H,6-10H2,1H3. The van der Waals surface area contributed by atoms with Crippen LogP contribution in [0.4, 0.5) is 4.39 Å². The van der Waals surface area contributed by atoms with Crippen molar-refractivity contribution < 1.29 is 9.13 Å². The van der Waals surface area contributed by atoms with E-state index in [0.29, 0.717) is 18.1 Å². The van der Waals surface area contributed by atoms with Crippen molar-refractivity contribution in [3.63, 3.8) is 0 Å². The average molecular weight is 263 g/mol. The lowest BCUT2D eigenvalue weighted by Crippen LogP contribution is -2.40. The van der Waals surface area contributed by atoms with Gasteiger partial charge in [0.1, 0.15) is 5.82 Å². The van der Waals surface area contributed by atoms with Gasteiger partial charge in [0.25, 0.3) is 0 Å². The topological polar surface area (TPSA) is 21.3 Å². The molecule has 0 saturated carbocycles. The van der Waals surface area contributed by atoms with Gasteiger partial charge in [-0.1, -0.05) is 18.2 Å². The van der Waals surface area contributed by atoms with E-state index in [1.165, 1.54) is 0 Å². The molecule has 2 aliphatic rings. The maximum Gasteiger partial charge on any atom is 0.126 e. The number of nitrogens with one attached hydrogen (secondary N) is 1. The van der Waals surface area contributed by atoms with Crippen molar-refractivity contribution in [1.29, 1.82) is 0 Å². The van der Waals surface area contributed by atoms with Crippen LogP contribution >= 0.6 is 0 Å². The first-order valence-corrected chi connectivity index (χ1v) is 7.36. The maximum absolute atomic E-state index is 14.0. The normalized spacial score (nSPS) is 35.5. The summed E-state index contributed by atoms with van der Waals surface area (Å²) in [7, 11) is 0. The van der Waals surface area contributed by atoms with E-state index in [9.17, 15) is 4.39 Å². The number of rotatable bonds is 2. The van der Waals surface area contributed by atoms with Crippen LogP contribution < -0.4 is 5.32 Å². The Morgan fingerprint density at radius 3 is 2.79 bits per heavy atom. The Bertz CT molecular complexity index is 437. The Morgan fingerprint density at radius 2 is 2.05 bits per heavy atom. The van der Waals surface area contributed by atoms with Crippen LogP contribution in [0.2, 0.25) is 0 Å². The predicted molar refractivity (Wildman–Crippen MR) is 73.7 cm³/mol. The van der Waals surface area contributed by atoms with Gasteiger partial charge in [-0.05, 0) is 50.3 Å². The van der Waals surface area contributed by atoms with Gasteiger partial charge in [-0.3, -0.25) is 0 Å². The molecule has 2 fully saturated rings. The molecule has 0 aliphatic carbocycles. The predicted octanol–water partition coefficient (Wildman–Crippen LogP) is 3.09. The fourth-order valence-corrected chi connectivity index (χ4v) is 3.59. The van der Waals surface area contributed by atoms with Crippen molar-refractivity contribution in [2.45, 2.75) is 44.3 Å². The SMILES string of the molecule is CC1CCC(C2CCNCC2c2ccccc2F)O1. The lowest BCUT2D eigenvalue weighted by molar-refractivity contribution is 0.00313. The molecule has 104 valence electrons. The summed E-state index contributed by atoms with van der Waals surface area (Å²) in [6, 6.07) is 7.19. The zero-order valence-electron chi connectivity index (χ0n) is 11.4. The van der Waals surface area contributed by atoms with Crippen LogP contribution in [0.25, 0.3) is 0 Å². The molecule has 0 radical (unpaired) electrons. The highest BCUT2D eigenvalue weighted by Gasteiger charge is 2.37. The Kier molecular flexibility index (Phi) is 3.85. The van der Waals surface area contributed by atoms with Crippen molar-refractivity contribution in [3.05, 3.63) is 35.6 Å². The molecule has 4 unspecified atom stereocenters. The molecule has 2 saturated heterocycles. The van der Waals surface area contributed by atoms with Gasteiger partial charge in [-0.2, -0.15) is 0 Å². The fraction of sp³-hybridized carbons (Fsp3) is 0.625. The molecule has 0 amide bonds. The van der Waals surface area contributed by atoms with E-state index in [1.807, 2.05) is 12.1 Å². The molecule has 3 heteroatoms. The van der Waals surface area contributed by atoms with E-state index in [1.54, 1.807) is 12.1 Å². The Labute approximate surface area is 114 Å². The molecule has 0 aromatic heterocycles. The second-order valence-electron chi connectivity index (χ2n) is 5.85. The maximum atomic E-state index is 14.0. The molecule has 2 heterocycles. The van der Waals surface area contributed by atoms with E-state index < -0.39 is 0 Å². The van der Waals surface area contributed by atoms with Crippen LogP contribution in [0.1, 0.15) is 37.7 Å². The van der Waals surface area contributed by atoms with Crippen molar-refractivity contribution in [2.24, 2.45) is 5.92 Å². The molecule has 3 rings (SSSR count). The minimum Gasteiger partial charge on any atom is -0.375 e. The molecule has 1 aromatic rings. The highest BCUT2D eigenvalue weighted by Crippen LogP contribution is 2.38. The number of ether oxygens (including phenoxy) is 1. The Balaban J connectivity index is 1.83. The van der Waals surface area contributed by atoms with Crippen LogP contribution in [-0.4, -0.2) is 25.3 Å². The quantitative estimate of drug-likeness (QED) is 0.885. The van der Waals surface area contributed by atoms with Crippen LogP contribution in [0.3, 0.4) is 0 Å². The monoisotopic (exact) mass is 263 g/mol. The zero-order chi connectivity index (χ0) is 13.2. The lowest BCUT2D eigenvalue weighted by atomic mass is 9.77. The van der Waals surface area contributed by atoms with Crippen LogP contribution in [0, 0.1) is 11.7 Å². The summed E-state index contributed by atoms with van der Waals surface area (Å²) >= 11 is 0. The highest BCUT2D eigenvalue weighted by atomic mass is 19.1. The third-order valence-corrected chi connectivity index (χ3v) is 4.58. The zero-order valence-corrected chi connectivity index (χ0v) is 11.4. The molecule has 2 aliphatic heterocycles. The summed E-state index contributed by atoms with van der Waals surface area (Å²) < 4.78 is 20.1. The molecular formula is C16H22FNO. The first-order chi connectivity index (χ1) is 9.25. The third-order valence-electron chi connectivity index (χ3n) is 4.58. The molecule has 2 nitrogen and oxygen atoms in total. The Hall–Kier alpha value is -0.930. The van der Waals surface area contributed by atoms with Gasteiger partial charge in [0, 0.05) is 12.5 Å². The summed E-state index contributed by atoms with van der Waals surface area (Å²) in [6.45, 7) is 4.02. The first-order valence-electron chi connectivity index (χ1n) is 7.36. The summed E-state index contributed by atoms with van der Waals surface area (Å²) in [5.74, 6) is 0.612. The molecule has 1 N–H and O–H groups in total. The number of benzene rings is 1. The van der Waals surface area contributed by atoms with Gasteiger partial charge in [-0.15, -0.1) is 0 Å².